The lowest BCUT2D eigenvalue weighted by Crippen LogP contribution is -2.13. The fourth-order valence-electron chi connectivity index (χ4n) is 8.25. The molecule has 0 radical (unpaired) electrons. The van der Waals surface area contributed by atoms with Crippen molar-refractivity contribution in [3.63, 3.8) is 0 Å². The first-order chi connectivity index (χ1) is 27.8. The van der Waals surface area contributed by atoms with Crippen LogP contribution in [0.2, 0.25) is 0 Å². The maximum atomic E-state index is 6.45. The van der Waals surface area contributed by atoms with Crippen LogP contribution >= 0.6 is 11.3 Å². The molecule has 3 nitrogen and oxygen atoms in total. The molecule has 0 spiro atoms. The van der Waals surface area contributed by atoms with Crippen molar-refractivity contribution >= 4 is 98.3 Å². The van der Waals surface area contributed by atoms with Crippen molar-refractivity contribution in [1.82, 2.24) is 0 Å². The van der Waals surface area contributed by atoms with E-state index in [1.165, 1.54) is 42.1 Å². The predicted molar refractivity (Wildman–Crippen MR) is 239 cm³/mol. The number of benzene rings is 9. The van der Waals surface area contributed by atoms with Crippen molar-refractivity contribution in [3.05, 3.63) is 206 Å². The van der Waals surface area contributed by atoms with Gasteiger partial charge in [0.2, 0.25) is 0 Å². The third kappa shape index (κ3) is 5.42. The summed E-state index contributed by atoms with van der Waals surface area (Å²) >= 11 is 1.86. The highest BCUT2D eigenvalue weighted by Crippen LogP contribution is 2.51. The van der Waals surface area contributed by atoms with E-state index in [4.69, 9.17) is 4.42 Å². The Morgan fingerprint density at radius 1 is 0.339 bits per heavy atom. The van der Waals surface area contributed by atoms with E-state index in [0.29, 0.717) is 0 Å². The number of rotatable bonds is 7. The van der Waals surface area contributed by atoms with Crippen LogP contribution in [0.1, 0.15) is 0 Å². The van der Waals surface area contributed by atoms with Gasteiger partial charge in [-0.3, -0.25) is 0 Å². The molecular weight excluding hydrogens is 701 g/mol. The number of para-hydroxylation sites is 3. The third-order valence-electron chi connectivity index (χ3n) is 10.8. The molecule has 11 rings (SSSR count). The molecule has 56 heavy (non-hydrogen) atoms. The zero-order valence-electron chi connectivity index (χ0n) is 30.3. The van der Waals surface area contributed by atoms with Gasteiger partial charge < -0.3 is 14.2 Å². The summed E-state index contributed by atoms with van der Waals surface area (Å²) in [5.41, 5.74) is 10.6. The molecule has 0 unspecified atom stereocenters. The van der Waals surface area contributed by atoms with E-state index in [0.717, 1.165) is 56.1 Å². The van der Waals surface area contributed by atoms with Crippen LogP contribution in [0.4, 0.5) is 34.1 Å². The lowest BCUT2D eigenvalue weighted by Gasteiger charge is -2.30. The van der Waals surface area contributed by atoms with Crippen LogP contribution in [0.5, 0.6) is 0 Å². The Balaban J connectivity index is 1.23. The molecule has 0 fully saturated rings. The van der Waals surface area contributed by atoms with Crippen LogP contribution in [0.3, 0.4) is 0 Å². The Morgan fingerprint density at radius 2 is 0.911 bits per heavy atom. The predicted octanol–water partition coefficient (Wildman–Crippen LogP) is 15.7. The maximum absolute atomic E-state index is 6.45. The molecule has 0 aliphatic heterocycles. The van der Waals surface area contributed by atoms with Gasteiger partial charge in [0.25, 0.3) is 0 Å². The lowest BCUT2D eigenvalue weighted by molar-refractivity contribution is 0.669. The molecule has 0 saturated carbocycles. The van der Waals surface area contributed by atoms with E-state index in [9.17, 15) is 0 Å². The average Bonchev–Trinajstić information content (AvgIpc) is 3.83. The summed E-state index contributed by atoms with van der Waals surface area (Å²) < 4.78 is 8.93. The van der Waals surface area contributed by atoms with E-state index in [1.54, 1.807) is 0 Å². The second-order valence-corrected chi connectivity index (χ2v) is 15.2. The first-order valence-electron chi connectivity index (χ1n) is 18.9. The quantitative estimate of drug-likeness (QED) is 0.163. The number of thiophene rings is 1. The minimum absolute atomic E-state index is 0.865. The van der Waals surface area contributed by atoms with Crippen LogP contribution in [0.15, 0.2) is 211 Å². The molecule has 0 bridgehead atoms. The minimum Gasteiger partial charge on any atom is -0.456 e. The molecule has 0 atom stereocenters. The highest BCUT2D eigenvalue weighted by molar-refractivity contribution is 7.26. The fourth-order valence-corrected chi connectivity index (χ4v) is 9.44. The van der Waals surface area contributed by atoms with Crippen LogP contribution in [0, 0.1) is 0 Å². The van der Waals surface area contributed by atoms with Gasteiger partial charge in [0, 0.05) is 48.3 Å². The molecule has 0 aliphatic rings. The molecule has 11 aromatic rings. The normalized spacial score (nSPS) is 11.6. The first kappa shape index (κ1) is 32.3. The van der Waals surface area contributed by atoms with Gasteiger partial charge in [0.05, 0.1) is 16.8 Å². The summed E-state index contributed by atoms with van der Waals surface area (Å²) in [5.74, 6) is 0. The number of anilines is 6. The van der Waals surface area contributed by atoms with Crippen molar-refractivity contribution in [3.8, 4) is 11.1 Å². The Bertz CT molecular complexity index is 3190. The van der Waals surface area contributed by atoms with Gasteiger partial charge in [-0.05, 0) is 101 Å². The van der Waals surface area contributed by atoms with Crippen molar-refractivity contribution in [1.29, 1.82) is 0 Å². The van der Waals surface area contributed by atoms with Gasteiger partial charge in [-0.15, -0.1) is 11.3 Å². The lowest BCUT2D eigenvalue weighted by atomic mass is 10.0. The Morgan fingerprint density at radius 3 is 1.64 bits per heavy atom. The number of fused-ring (bicyclic) bond motifs is 7. The Kier molecular flexibility index (Phi) is 7.68. The zero-order chi connectivity index (χ0) is 37.0. The van der Waals surface area contributed by atoms with Crippen LogP contribution < -0.4 is 9.80 Å². The summed E-state index contributed by atoms with van der Waals surface area (Å²) in [4.78, 5) is 4.83. The molecule has 9 aromatic carbocycles. The fraction of sp³-hybridized carbons (Fsp3) is 0. The van der Waals surface area contributed by atoms with Gasteiger partial charge in [0.15, 0.2) is 0 Å². The van der Waals surface area contributed by atoms with Gasteiger partial charge in [-0.25, -0.2) is 0 Å². The van der Waals surface area contributed by atoms with Crippen molar-refractivity contribution in [2.75, 3.05) is 9.80 Å². The average molecular weight is 735 g/mol. The van der Waals surface area contributed by atoms with Gasteiger partial charge in [-0.2, -0.15) is 0 Å². The number of hydrogen-bond acceptors (Lipinski definition) is 4. The summed E-state index contributed by atoms with van der Waals surface area (Å²) in [6, 6.07) is 74.0. The molecular formula is C52H34N2OS. The molecule has 0 saturated heterocycles. The SMILES string of the molecule is c1ccc(-c2ccc(N(c3ccccc3)c3cc(N(c4ccccc4)c4cccc5oc6ccccc6c45)cc4sc5cc6ccccc6cc5c34)cc2)cc1. The summed E-state index contributed by atoms with van der Waals surface area (Å²) in [5, 5.41) is 7.15. The van der Waals surface area contributed by atoms with E-state index < -0.39 is 0 Å². The van der Waals surface area contributed by atoms with Gasteiger partial charge in [-0.1, -0.05) is 127 Å². The van der Waals surface area contributed by atoms with Crippen LogP contribution in [0.25, 0.3) is 64.0 Å². The molecule has 2 heterocycles. The number of furan rings is 1. The Labute approximate surface area is 328 Å². The highest BCUT2D eigenvalue weighted by atomic mass is 32.1. The largest absolute Gasteiger partial charge is 0.456 e. The first-order valence-corrected chi connectivity index (χ1v) is 19.7. The van der Waals surface area contributed by atoms with Gasteiger partial charge >= 0.3 is 0 Å². The van der Waals surface area contributed by atoms with E-state index >= 15 is 0 Å². The molecule has 4 heteroatoms. The molecule has 0 N–H and O–H groups in total. The topological polar surface area (TPSA) is 19.6 Å². The van der Waals surface area contributed by atoms with Crippen LogP contribution in [-0.2, 0) is 0 Å². The number of hydrogen-bond donors (Lipinski definition) is 0. The van der Waals surface area contributed by atoms with Crippen molar-refractivity contribution in [2.24, 2.45) is 0 Å². The standard InChI is InChI=1S/C52H34N2OS/c1-4-15-35(16-5-1)36-27-29-41(30-28-36)53(39-19-6-2-7-20-39)46-33-42(34-50-52(46)44-31-37-17-10-11-18-38(37)32-49(44)56-50)54(40-21-8-3-9-22-40)45-24-14-26-48-51(45)43-23-12-13-25-47(43)55-48/h1-34H. The minimum atomic E-state index is 0.865. The Hall–Kier alpha value is -7.14. The highest BCUT2D eigenvalue weighted by Gasteiger charge is 2.25. The van der Waals surface area contributed by atoms with E-state index in [1.807, 2.05) is 17.4 Å². The second-order valence-electron chi connectivity index (χ2n) is 14.1. The van der Waals surface area contributed by atoms with Gasteiger partial charge in [0.1, 0.15) is 11.2 Å². The van der Waals surface area contributed by atoms with Crippen molar-refractivity contribution in [2.45, 2.75) is 0 Å². The summed E-state index contributed by atoms with van der Waals surface area (Å²) in [6.45, 7) is 0. The third-order valence-corrected chi connectivity index (χ3v) is 11.9. The second kappa shape index (κ2) is 13.3. The smallest absolute Gasteiger partial charge is 0.137 e. The van der Waals surface area contributed by atoms with E-state index in [-0.39, 0.29) is 0 Å². The summed E-state index contributed by atoms with van der Waals surface area (Å²) in [6.07, 6.45) is 0. The zero-order valence-corrected chi connectivity index (χ0v) is 31.2. The van der Waals surface area contributed by atoms with E-state index in [2.05, 4.69) is 210 Å². The molecule has 0 aliphatic carbocycles. The molecule has 2 aromatic heterocycles. The maximum Gasteiger partial charge on any atom is 0.137 e. The monoisotopic (exact) mass is 734 g/mol. The van der Waals surface area contributed by atoms with Crippen LogP contribution in [-0.4, -0.2) is 0 Å². The summed E-state index contributed by atoms with van der Waals surface area (Å²) in [7, 11) is 0. The number of nitrogens with zero attached hydrogens (tertiary/aromatic N) is 2. The molecule has 264 valence electrons. The van der Waals surface area contributed by atoms with Crippen molar-refractivity contribution < 1.29 is 4.42 Å². The molecule has 0 amide bonds.